The van der Waals surface area contributed by atoms with E-state index in [0.717, 1.165) is 0 Å². The summed E-state index contributed by atoms with van der Waals surface area (Å²) in [6.07, 6.45) is -3.06. The van der Waals surface area contributed by atoms with E-state index in [9.17, 15) is 14.4 Å². The van der Waals surface area contributed by atoms with Gasteiger partial charge in [-0.15, -0.1) is 0 Å². The molecule has 0 heterocycles. The highest BCUT2D eigenvalue weighted by molar-refractivity contribution is 6.71. The van der Waals surface area contributed by atoms with Crippen molar-refractivity contribution < 1.29 is 41.3 Å². The first-order valence-corrected chi connectivity index (χ1v) is 31.8. The number of carbonyl (C=O) groups is 3. The first-order valence-electron chi connectivity index (χ1n) is 14.8. The molecule has 5 atom stereocenters. The van der Waals surface area contributed by atoms with Gasteiger partial charge in [-0.05, 0) is 98.2 Å². The Bertz CT molecular complexity index is 887. The predicted octanol–water partition coefficient (Wildman–Crippen LogP) is 5.36. The van der Waals surface area contributed by atoms with Gasteiger partial charge in [-0.3, -0.25) is 9.59 Å². The maximum absolute atomic E-state index is 13.0. The number of rotatable bonds is 19. The Morgan fingerprint density at radius 2 is 1.00 bits per heavy atom. The highest BCUT2D eigenvalue weighted by atomic mass is 28.4. The number of amides is 1. The van der Waals surface area contributed by atoms with E-state index in [1.54, 1.807) is 0 Å². The summed E-state index contributed by atoms with van der Waals surface area (Å²) in [5, 5.41) is 3.05. The van der Waals surface area contributed by atoms with Gasteiger partial charge in [-0.2, -0.15) is 0 Å². The molecule has 0 aliphatic carbocycles. The minimum atomic E-state index is -2.32. The van der Waals surface area contributed by atoms with Crippen molar-refractivity contribution in [1.82, 2.24) is 5.32 Å². The largest absolute Gasteiger partial charge is 0.463 e. The van der Waals surface area contributed by atoms with Crippen molar-refractivity contribution in [3.05, 3.63) is 0 Å². The average molecular weight is 684 g/mol. The number of hydrogen-bond acceptors (Lipinski definition) is 9. The normalized spacial score (nSPS) is 17.2. The SMILES string of the molecule is COC(=O)C(=O)CC(O[Si](C)(C)C)C(NC(C)=O)C(O[Si](C)(C)C)C(O[Si](C)(C)C)C(CO[Si](C)(C)C)O[Si](C)(C)C. The van der Waals surface area contributed by atoms with Crippen molar-refractivity contribution in [2.45, 2.75) is 142 Å². The lowest BCUT2D eigenvalue weighted by molar-refractivity contribution is -0.153. The molecule has 0 aromatic carbocycles. The fourth-order valence-electron chi connectivity index (χ4n) is 4.20. The third-order valence-corrected chi connectivity index (χ3v) is 10.3. The van der Waals surface area contributed by atoms with Gasteiger partial charge in [0, 0.05) is 13.3 Å². The zero-order chi connectivity index (χ0) is 33.5. The Morgan fingerprint density at radius 3 is 1.36 bits per heavy atom. The maximum atomic E-state index is 13.0. The molecule has 0 aliphatic heterocycles. The number of carbonyl (C=O) groups excluding carboxylic acids is 3. The Labute approximate surface area is 260 Å². The third-order valence-electron chi connectivity index (χ3n) is 5.28. The molecule has 0 bridgehead atoms. The van der Waals surface area contributed by atoms with Gasteiger partial charge >= 0.3 is 5.97 Å². The third kappa shape index (κ3) is 19.0. The molecule has 0 saturated heterocycles. The van der Waals surface area contributed by atoms with Crippen molar-refractivity contribution in [2.24, 2.45) is 0 Å². The van der Waals surface area contributed by atoms with Gasteiger partial charge in [0.25, 0.3) is 0 Å². The molecule has 0 saturated carbocycles. The predicted molar refractivity (Wildman–Crippen MR) is 181 cm³/mol. The lowest BCUT2D eigenvalue weighted by atomic mass is 9.94. The van der Waals surface area contributed by atoms with Crippen LogP contribution in [0.5, 0.6) is 0 Å². The monoisotopic (exact) mass is 683 g/mol. The highest BCUT2D eigenvalue weighted by Gasteiger charge is 2.47. The second kappa shape index (κ2) is 16.2. The van der Waals surface area contributed by atoms with Crippen LogP contribution in [0.4, 0.5) is 0 Å². The Hall–Kier alpha value is -0.506. The van der Waals surface area contributed by atoms with Gasteiger partial charge in [0.1, 0.15) is 0 Å². The Kier molecular flexibility index (Phi) is 16.0. The van der Waals surface area contributed by atoms with Crippen LogP contribution in [0, 0.1) is 0 Å². The molecular formula is C27H61NO9Si5. The second-order valence-corrected chi connectivity index (χ2v) is 38.1. The zero-order valence-corrected chi connectivity index (χ0v) is 34.5. The molecule has 0 aromatic heterocycles. The fraction of sp³-hybridized carbons (Fsp3) is 0.889. The number of hydrogen-bond donors (Lipinski definition) is 1. The Balaban J connectivity index is 7.43. The van der Waals surface area contributed by atoms with Crippen LogP contribution in [-0.2, 0) is 41.3 Å². The van der Waals surface area contributed by atoms with Crippen LogP contribution in [0.2, 0.25) is 98.2 Å². The van der Waals surface area contributed by atoms with Crippen molar-refractivity contribution in [2.75, 3.05) is 13.7 Å². The molecule has 0 spiro atoms. The van der Waals surface area contributed by atoms with Crippen molar-refractivity contribution in [3.63, 3.8) is 0 Å². The number of esters is 1. The van der Waals surface area contributed by atoms with E-state index in [0.29, 0.717) is 6.61 Å². The van der Waals surface area contributed by atoms with Crippen LogP contribution in [-0.4, -0.2) is 103 Å². The quantitative estimate of drug-likeness (QED) is 0.109. The first kappa shape index (κ1) is 41.5. The van der Waals surface area contributed by atoms with E-state index in [2.05, 4.69) is 83.9 Å². The van der Waals surface area contributed by atoms with Crippen molar-refractivity contribution in [1.29, 1.82) is 0 Å². The summed E-state index contributed by atoms with van der Waals surface area (Å²) in [5.41, 5.74) is 0. The molecule has 0 aromatic rings. The number of ether oxygens (including phenoxy) is 1. The van der Waals surface area contributed by atoms with Gasteiger partial charge in [-0.25, -0.2) is 4.79 Å². The van der Waals surface area contributed by atoms with Crippen molar-refractivity contribution in [3.8, 4) is 0 Å². The number of ketones is 1. The lowest BCUT2D eigenvalue weighted by Gasteiger charge is -2.47. The molecule has 15 heteroatoms. The van der Waals surface area contributed by atoms with Gasteiger partial charge in [-0.1, -0.05) is 0 Å². The highest BCUT2D eigenvalue weighted by Crippen LogP contribution is 2.30. The van der Waals surface area contributed by atoms with Crippen LogP contribution in [0.3, 0.4) is 0 Å². The minimum Gasteiger partial charge on any atom is -0.463 e. The maximum Gasteiger partial charge on any atom is 0.374 e. The summed E-state index contributed by atoms with van der Waals surface area (Å²) in [6.45, 7) is 32.9. The molecule has 0 radical (unpaired) electrons. The van der Waals surface area contributed by atoms with E-state index in [-0.39, 0.29) is 12.3 Å². The van der Waals surface area contributed by atoms with Gasteiger partial charge in [0.2, 0.25) is 11.7 Å². The molecule has 0 rings (SSSR count). The van der Waals surface area contributed by atoms with Crippen LogP contribution in [0.1, 0.15) is 13.3 Å². The molecule has 10 nitrogen and oxygen atoms in total. The molecule has 248 valence electrons. The van der Waals surface area contributed by atoms with Crippen LogP contribution >= 0.6 is 0 Å². The summed E-state index contributed by atoms with van der Waals surface area (Å²) in [4.78, 5) is 38.0. The van der Waals surface area contributed by atoms with E-state index in [1.165, 1.54) is 14.0 Å². The second-order valence-electron chi connectivity index (χ2n) is 15.7. The van der Waals surface area contributed by atoms with Gasteiger partial charge in [0.05, 0.1) is 44.2 Å². The van der Waals surface area contributed by atoms with Crippen molar-refractivity contribution >= 4 is 59.2 Å². The van der Waals surface area contributed by atoms with Crippen LogP contribution in [0.15, 0.2) is 0 Å². The summed E-state index contributed by atoms with van der Waals surface area (Å²) >= 11 is 0. The van der Waals surface area contributed by atoms with Crippen LogP contribution < -0.4 is 5.32 Å². The molecule has 1 N–H and O–H groups in total. The number of nitrogens with one attached hydrogen (secondary N) is 1. The minimum absolute atomic E-state index is 0.280. The summed E-state index contributed by atoms with van der Waals surface area (Å²) in [5.74, 6) is -2.00. The topological polar surface area (TPSA) is 119 Å². The molecule has 0 fully saturated rings. The average Bonchev–Trinajstić information content (AvgIpc) is 2.72. The molecule has 42 heavy (non-hydrogen) atoms. The number of methoxy groups -OCH3 is 1. The first-order chi connectivity index (χ1) is 18.5. The van der Waals surface area contributed by atoms with Gasteiger partial charge in [0.15, 0.2) is 41.6 Å². The summed E-state index contributed by atoms with van der Waals surface area (Å²) in [7, 11) is -9.81. The lowest BCUT2D eigenvalue weighted by Crippen LogP contribution is -2.65. The molecule has 5 unspecified atom stereocenters. The molecule has 0 aliphatic rings. The van der Waals surface area contributed by atoms with Gasteiger partial charge < -0.3 is 32.2 Å². The summed E-state index contributed by atoms with van der Waals surface area (Å²) in [6, 6.07) is -0.824. The summed E-state index contributed by atoms with van der Waals surface area (Å²) < 4.78 is 38.4. The fourth-order valence-corrected chi connectivity index (χ4v) is 9.31. The van der Waals surface area contributed by atoms with E-state index in [1.807, 2.05) is 19.6 Å². The standard InChI is InChI=1S/C27H61NO9Si5/c1-20(29)28-24(22(34-39(6,7)8)18-21(30)27(31)32-2)26(37-42(15,16)17)25(36-41(12,13)14)23(35-40(9,10)11)19-33-38(3,4)5/h22-26H,18-19H2,1-17H3,(H,28,29). The molecule has 1 amide bonds. The van der Waals surface area contributed by atoms with E-state index < -0.39 is 83.8 Å². The van der Waals surface area contributed by atoms with Crippen LogP contribution in [0.25, 0.3) is 0 Å². The Morgan fingerprint density at radius 1 is 0.595 bits per heavy atom. The van der Waals surface area contributed by atoms with E-state index >= 15 is 0 Å². The smallest absolute Gasteiger partial charge is 0.374 e. The zero-order valence-electron chi connectivity index (χ0n) is 29.5. The van der Waals surface area contributed by atoms with E-state index in [4.69, 9.17) is 26.9 Å². The number of Topliss-reactive ketones (excluding diaryl/α,β-unsaturated/α-hetero) is 1. The molecular weight excluding hydrogens is 623 g/mol.